The minimum Gasteiger partial charge on any atom is -0.377 e. The van der Waals surface area contributed by atoms with Gasteiger partial charge >= 0.3 is 0 Å². The van der Waals surface area contributed by atoms with E-state index in [9.17, 15) is 5.11 Å². The zero-order chi connectivity index (χ0) is 13.4. The number of rotatable bonds is 2. The third-order valence-electron chi connectivity index (χ3n) is 3.85. The molecule has 0 saturated carbocycles. The highest BCUT2D eigenvalue weighted by atomic mass is 35.5. The van der Waals surface area contributed by atoms with Gasteiger partial charge in [-0.15, -0.1) is 0 Å². The Hall–Kier alpha value is -0.730. The summed E-state index contributed by atoms with van der Waals surface area (Å²) in [6, 6.07) is 8.07. The highest BCUT2D eigenvalue weighted by molar-refractivity contribution is 6.30. The van der Waals surface area contributed by atoms with E-state index < -0.39 is 6.23 Å². The van der Waals surface area contributed by atoms with Crippen LogP contribution in [0.4, 0.5) is 0 Å². The molecule has 19 heavy (non-hydrogen) atoms. The van der Waals surface area contributed by atoms with Crippen LogP contribution in [0.3, 0.4) is 0 Å². The number of hydrogen-bond donors (Lipinski definition) is 6. The van der Waals surface area contributed by atoms with Gasteiger partial charge in [0.1, 0.15) is 6.23 Å². The van der Waals surface area contributed by atoms with Crippen LogP contribution >= 0.6 is 11.6 Å². The largest absolute Gasteiger partial charge is 0.377 e. The maximum absolute atomic E-state index is 9.87. The summed E-state index contributed by atoms with van der Waals surface area (Å²) in [5.74, 6) is -0.0789. The molecule has 2 saturated heterocycles. The van der Waals surface area contributed by atoms with Gasteiger partial charge in [-0.25, -0.2) is 10.9 Å². The first-order chi connectivity index (χ1) is 9.15. The van der Waals surface area contributed by atoms with Crippen molar-refractivity contribution in [2.24, 2.45) is 11.7 Å². The highest BCUT2D eigenvalue weighted by Gasteiger charge is 2.41. The fourth-order valence-electron chi connectivity index (χ4n) is 2.79. The zero-order valence-electron chi connectivity index (χ0n) is 10.3. The second kappa shape index (κ2) is 5.34. The smallest absolute Gasteiger partial charge is 0.124 e. The summed E-state index contributed by atoms with van der Waals surface area (Å²) in [6.45, 7) is 0. The van der Waals surface area contributed by atoms with E-state index in [1.54, 1.807) is 0 Å². The van der Waals surface area contributed by atoms with Crippen LogP contribution in [0.2, 0.25) is 5.02 Å². The molecule has 2 aliphatic heterocycles. The summed E-state index contributed by atoms with van der Waals surface area (Å²) in [5, 5.41) is 10.6. The minimum absolute atomic E-state index is 0.0789. The molecular formula is C12H18ClN5O. The average molecular weight is 284 g/mol. The Morgan fingerprint density at radius 1 is 1.11 bits per heavy atom. The van der Waals surface area contributed by atoms with Crippen LogP contribution in [0.25, 0.3) is 0 Å². The maximum Gasteiger partial charge on any atom is 0.124 e. The SMILES string of the molecule is NC1NNC(O)C1C1CC(c2ccc(Cl)cc2)NN1. The standard InChI is InChI=1S/C12H18ClN5O/c13-7-3-1-6(2-4-7)8-5-9(16-15-8)10-11(14)17-18-12(10)19/h1-4,8-12,15-19H,5,14H2. The molecule has 0 aliphatic carbocycles. The van der Waals surface area contributed by atoms with Crippen molar-refractivity contribution in [2.75, 3.05) is 0 Å². The van der Waals surface area contributed by atoms with Crippen molar-refractivity contribution in [1.82, 2.24) is 21.7 Å². The fourth-order valence-corrected chi connectivity index (χ4v) is 2.91. The number of nitrogens with one attached hydrogen (secondary N) is 4. The Bertz CT molecular complexity index is 432. The van der Waals surface area contributed by atoms with E-state index in [1.165, 1.54) is 5.56 Å². The van der Waals surface area contributed by atoms with Gasteiger partial charge in [0.05, 0.1) is 6.17 Å². The molecule has 1 aromatic rings. The number of hydrazine groups is 2. The first-order valence-electron chi connectivity index (χ1n) is 6.36. The number of aliphatic hydroxyl groups is 1. The second-order valence-electron chi connectivity index (χ2n) is 5.07. The molecule has 7 heteroatoms. The van der Waals surface area contributed by atoms with Gasteiger partial charge in [0.15, 0.2) is 0 Å². The van der Waals surface area contributed by atoms with E-state index in [0.717, 1.165) is 11.4 Å². The predicted molar refractivity (Wildman–Crippen MR) is 72.6 cm³/mol. The van der Waals surface area contributed by atoms with Crippen molar-refractivity contribution in [3.63, 3.8) is 0 Å². The van der Waals surface area contributed by atoms with Crippen LogP contribution < -0.4 is 27.4 Å². The fraction of sp³-hybridized carbons (Fsp3) is 0.500. The molecule has 6 nitrogen and oxygen atoms in total. The third-order valence-corrected chi connectivity index (χ3v) is 4.10. The molecule has 104 valence electrons. The molecule has 5 unspecified atom stereocenters. The van der Waals surface area contributed by atoms with Gasteiger partial charge in [-0.2, -0.15) is 0 Å². The molecule has 0 aromatic heterocycles. The zero-order valence-corrected chi connectivity index (χ0v) is 11.1. The molecule has 3 rings (SSSR count). The monoisotopic (exact) mass is 283 g/mol. The van der Waals surface area contributed by atoms with Crippen LogP contribution in [0.5, 0.6) is 0 Å². The lowest BCUT2D eigenvalue weighted by atomic mass is 9.91. The van der Waals surface area contributed by atoms with Gasteiger partial charge in [0.25, 0.3) is 0 Å². The third kappa shape index (κ3) is 2.61. The minimum atomic E-state index is -0.640. The number of nitrogens with two attached hydrogens (primary N) is 1. The number of halogens is 1. The molecular weight excluding hydrogens is 266 g/mol. The summed E-state index contributed by atoms with van der Waals surface area (Å²) in [5.41, 5.74) is 19.2. The number of benzene rings is 1. The normalized spacial score (nSPS) is 38.8. The van der Waals surface area contributed by atoms with Gasteiger partial charge in [-0.3, -0.25) is 10.9 Å². The van der Waals surface area contributed by atoms with E-state index in [2.05, 4.69) is 21.7 Å². The molecule has 2 aliphatic rings. The summed E-state index contributed by atoms with van der Waals surface area (Å²) < 4.78 is 0. The molecule has 2 fully saturated rings. The van der Waals surface area contributed by atoms with Crippen LogP contribution in [-0.4, -0.2) is 23.5 Å². The van der Waals surface area contributed by atoms with Gasteiger partial charge in [0, 0.05) is 23.0 Å². The van der Waals surface area contributed by atoms with Crippen LogP contribution in [-0.2, 0) is 0 Å². The van der Waals surface area contributed by atoms with Crippen LogP contribution in [0.15, 0.2) is 24.3 Å². The number of aliphatic hydroxyl groups excluding tert-OH is 1. The summed E-state index contributed by atoms with van der Waals surface area (Å²) in [4.78, 5) is 0. The molecule has 0 radical (unpaired) electrons. The van der Waals surface area contributed by atoms with E-state index >= 15 is 0 Å². The molecule has 7 N–H and O–H groups in total. The van der Waals surface area contributed by atoms with Crippen molar-refractivity contribution in [3.8, 4) is 0 Å². The summed E-state index contributed by atoms with van der Waals surface area (Å²) in [6.07, 6.45) is -0.0445. The Kier molecular flexibility index (Phi) is 3.72. The molecule has 0 bridgehead atoms. The van der Waals surface area contributed by atoms with E-state index in [1.807, 2.05) is 24.3 Å². The quantitative estimate of drug-likeness (QED) is 0.441. The molecule has 0 spiro atoms. The Balaban J connectivity index is 1.68. The van der Waals surface area contributed by atoms with Crippen molar-refractivity contribution >= 4 is 11.6 Å². The van der Waals surface area contributed by atoms with E-state index in [4.69, 9.17) is 17.3 Å². The van der Waals surface area contributed by atoms with Crippen molar-refractivity contribution in [2.45, 2.75) is 30.9 Å². The molecule has 1 aromatic carbocycles. The van der Waals surface area contributed by atoms with Crippen molar-refractivity contribution < 1.29 is 5.11 Å². The van der Waals surface area contributed by atoms with Gasteiger partial charge in [0.2, 0.25) is 0 Å². The Labute approximate surface area is 116 Å². The summed E-state index contributed by atoms with van der Waals surface area (Å²) in [7, 11) is 0. The molecule has 5 atom stereocenters. The van der Waals surface area contributed by atoms with E-state index in [0.29, 0.717) is 0 Å². The predicted octanol–water partition coefficient (Wildman–Crippen LogP) is -0.425. The lowest BCUT2D eigenvalue weighted by molar-refractivity contribution is 0.0883. The maximum atomic E-state index is 9.87. The van der Waals surface area contributed by atoms with Crippen LogP contribution in [0.1, 0.15) is 18.0 Å². The topological polar surface area (TPSA) is 94.4 Å². The van der Waals surface area contributed by atoms with Gasteiger partial charge < -0.3 is 10.8 Å². The highest BCUT2D eigenvalue weighted by Crippen LogP contribution is 2.29. The second-order valence-corrected chi connectivity index (χ2v) is 5.51. The van der Waals surface area contributed by atoms with Crippen molar-refractivity contribution in [3.05, 3.63) is 34.9 Å². The Morgan fingerprint density at radius 2 is 1.84 bits per heavy atom. The molecule has 0 amide bonds. The summed E-state index contributed by atoms with van der Waals surface area (Å²) >= 11 is 5.89. The average Bonchev–Trinajstić information content (AvgIpc) is 2.98. The first kappa shape index (κ1) is 13.3. The molecule has 2 heterocycles. The Morgan fingerprint density at radius 3 is 2.47 bits per heavy atom. The lowest BCUT2D eigenvalue weighted by Crippen LogP contribution is -2.48. The van der Waals surface area contributed by atoms with E-state index in [-0.39, 0.29) is 24.2 Å². The lowest BCUT2D eigenvalue weighted by Gasteiger charge is -2.23. The van der Waals surface area contributed by atoms with Crippen LogP contribution in [0, 0.1) is 5.92 Å². The van der Waals surface area contributed by atoms with Gasteiger partial charge in [-0.05, 0) is 24.1 Å². The van der Waals surface area contributed by atoms with Crippen molar-refractivity contribution in [1.29, 1.82) is 0 Å². The van der Waals surface area contributed by atoms with Gasteiger partial charge in [-0.1, -0.05) is 23.7 Å². The number of hydrogen-bond acceptors (Lipinski definition) is 6. The first-order valence-corrected chi connectivity index (χ1v) is 6.74.